The number of carboxylic acid groups (broad SMARTS) is 1. The Kier molecular flexibility index (Phi) is 8.86. The first-order valence-corrected chi connectivity index (χ1v) is 15.1. The maximum Gasteiger partial charge on any atom is 0.324 e. The Morgan fingerprint density at radius 1 is 1.05 bits per heavy atom. The predicted octanol–water partition coefficient (Wildman–Crippen LogP) is 4.41. The van der Waals surface area contributed by atoms with Crippen LogP contribution in [-0.2, 0) is 21.4 Å². The van der Waals surface area contributed by atoms with Gasteiger partial charge in [0, 0.05) is 31.5 Å². The van der Waals surface area contributed by atoms with E-state index < -0.39 is 27.2 Å². The van der Waals surface area contributed by atoms with E-state index >= 15 is 0 Å². The first-order chi connectivity index (χ1) is 19.4. The molecule has 1 heterocycles. The molecule has 0 aromatic heterocycles. The number of aliphatic carboxylic acids is 1. The first-order valence-electron chi connectivity index (χ1n) is 13.5. The molecule has 1 saturated heterocycles. The normalized spacial score (nSPS) is 15.1. The van der Waals surface area contributed by atoms with E-state index in [1.165, 1.54) is 0 Å². The van der Waals surface area contributed by atoms with E-state index in [9.17, 15) is 18.3 Å². The third-order valence-electron chi connectivity index (χ3n) is 7.36. The maximum atomic E-state index is 13.9. The second-order valence-corrected chi connectivity index (χ2v) is 12.7. The van der Waals surface area contributed by atoms with Gasteiger partial charge >= 0.3 is 5.97 Å². The van der Waals surface area contributed by atoms with Gasteiger partial charge in [0.05, 0.1) is 18.1 Å². The molecule has 0 spiro atoms. The largest absolute Gasteiger partial charge is 0.490 e. The highest BCUT2D eigenvalue weighted by molar-refractivity contribution is 7.94. The molecule has 1 aliphatic rings. The minimum Gasteiger partial charge on any atom is -0.490 e. The van der Waals surface area contributed by atoms with Gasteiger partial charge in [-0.05, 0) is 65.6 Å². The molecule has 1 unspecified atom stereocenters. The van der Waals surface area contributed by atoms with E-state index in [0.717, 1.165) is 41.0 Å². The number of likely N-dealkylation sites (tertiary alicyclic amines) is 1. The van der Waals surface area contributed by atoms with E-state index in [-0.39, 0.29) is 18.5 Å². The van der Waals surface area contributed by atoms with Crippen LogP contribution >= 0.6 is 0 Å². The van der Waals surface area contributed by atoms with Crippen molar-refractivity contribution in [1.82, 2.24) is 4.90 Å². The van der Waals surface area contributed by atoms with Crippen molar-refractivity contribution in [1.29, 1.82) is 10.8 Å². The highest BCUT2D eigenvalue weighted by atomic mass is 32.2. The molecule has 0 amide bonds. The fourth-order valence-electron chi connectivity index (χ4n) is 5.14. The highest BCUT2D eigenvalue weighted by Crippen LogP contribution is 2.30. The van der Waals surface area contributed by atoms with Crippen molar-refractivity contribution < 1.29 is 23.1 Å². The van der Waals surface area contributed by atoms with Crippen LogP contribution in [0.2, 0.25) is 0 Å². The van der Waals surface area contributed by atoms with Crippen molar-refractivity contribution in [3.63, 3.8) is 0 Å². The summed E-state index contributed by atoms with van der Waals surface area (Å²) in [4.78, 5) is 14.1. The molecular formula is C30H37N5O5S. The van der Waals surface area contributed by atoms with Crippen LogP contribution in [-0.4, -0.2) is 60.5 Å². The number of carbonyl (C=O) groups is 1. The minimum absolute atomic E-state index is 0.00823. The summed E-state index contributed by atoms with van der Waals surface area (Å²) in [5, 5.41) is 25.5. The van der Waals surface area contributed by atoms with Gasteiger partial charge in [-0.2, -0.15) is 0 Å². The zero-order chi connectivity index (χ0) is 29.9. The summed E-state index contributed by atoms with van der Waals surface area (Å²) in [7, 11) is -4.33. The summed E-state index contributed by atoms with van der Waals surface area (Å²) in [6.45, 7) is 6.34. The van der Waals surface area contributed by atoms with Gasteiger partial charge in [-0.1, -0.05) is 38.1 Å². The molecule has 0 radical (unpaired) electrons. The number of hydrogen-bond donors (Lipinski definition) is 4. The summed E-state index contributed by atoms with van der Waals surface area (Å²) < 4.78 is 35.0. The second kappa shape index (κ2) is 12.2. The van der Waals surface area contributed by atoms with Gasteiger partial charge in [-0.3, -0.25) is 19.9 Å². The molecule has 3 aromatic carbocycles. The van der Waals surface area contributed by atoms with Crippen molar-refractivity contribution in [3.8, 4) is 5.75 Å². The van der Waals surface area contributed by atoms with Gasteiger partial charge in [0.2, 0.25) is 10.0 Å². The first kappa shape index (κ1) is 29.9. The smallest absolute Gasteiger partial charge is 0.324 e. The number of carboxylic acids is 1. The lowest BCUT2D eigenvalue weighted by molar-refractivity contribution is -0.137. The quantitative estimate of drug-likeness (QED) is 0.204. The van der Waals surface area contributed by atoms with E-state index in [4.69, 9.17) is 21.3 Å². The van der Waals surface area contributed by atoms with Gasteiger partial charge in [-0.25, -0.2) is 8.42 Å². The van der Waals surface area contributed by atoms with Gasteiger partial charge in [0.1, 0.15) is 17.7 Å². The van der Waals surface area contributed by atoms with E-state index in [2.05, 4.69) is 0 Å². The number of fused-ring (bicyclic) bond motifs is 1. The highest BCUT2D eigenvalue weighted by Gasteiger charge is 2.40. The summed E-state index contributed by atoms with van der Waals surface area (Å²) in [5.41, 5.74) is 7.20. The van der Waals surface area contributed by atoms with Gasteiger partial charge < -0.3 is 20.5 Å². The second-order valence-electron chi connectivity index (χ2n) is 10.7. The number of nitrogens with two attached hydrogens (primary N) is 1. The molecule has 0 saturated carbocycles. The van der Waals surface area contributed by atoms with Crippen LogP contribution in [0.3, 0.4) is 0 Å². The molecule has 3 aromatic rings. The van der Waals surface area contributed by atoms with Crippen LogP contribution in [0, 0.1) is 16.7 Å². The number of rotatable bonds is 10. The number of benzene rings is 3. The molecule has 218 valence electrons. The maximum absolute atomic E-state index is 13.9. The summed E-state index contributed by atoms with van der Waals surface area (Å²) in [6, 6.07) is 17.6. The molecular weight excluding hydrogens is 542 g/mol. The Bertz CT molecular complexity index is 1550. The van der Waals surface area contributed by atoms with E-state index in [0.29, 0.717) is 28.4 Å². The van der Waals surface area contributed by atoms with Gasteiger partial charge in [0.25, 0.3) is 0 Å². The van der Waals surface area contributed by atoms with E-state index in [1.54, 1.807) is 57.2 Å². The Labute approximate surface area is 240 Å². The molecule has 0 aliphatic carbocycles. The molecule has 1 fully saturated rings. The average molecular weight is 580 g/mol. The number of nitrogens with one attached hydrogen (secondary N) is 2. The third-order valence-corrected chi connectivity index (χ3v) is 9.70. The summed E-state index contributed by atoms with van der Waals surface area (Å²) in [5.74, 6) is -0.993. The zero-order valence-electron chi connectivity index (χ0n) is 23.5. The molecule has 4 rings (SSSR count). The van der Waals surface area contributed by atoms with Crippen LogP contribution in [0.1, 0.15) is 44.7 Å². The Hall–Kier alpha value is -4.12. The summed E-state index contributed by atoms with van der Waals surface area (Å²) in [6.07, 6.45) is 1.55. The van der Waals surface area contributed by atoms with Crippen LogP contribution in [0.15, 0.2) is 60.7 Å². The van der Waals surface area contributed by atoms with Crippen LogP contribution in [0.25, 0.3) is 10.8 Å². The van der Waals surface area contributed by atoms with Gasteiger partial charge in [0.15, 0.2) is 5.25 Å². The van der Waals surface area contributed by atoms with Crippen LogP contribution < -0.4 is 14.8 Å². The van der Waals surface area contributed by atoms with Gasteiger partial charge in [-0.15, -0.1) is 0 Å². The van der Waals surface area contributed by atoms with Crippen molar-refractivity contribution in [2.24, 2.45) is 11.7 Å². The summed E-state index contributed by atoms with van der Waals surface area (Å²) >= 11 is 0. The van der Waals surface area contributed by atoms with Crippen molar-refractivity contribution in [3.05, 3.63) is 71.8 Å². The molecule has 1 aliphatic heterocycles. The van der Waals surface area contributed by atoms with Crippen LogP contribution in [0.4, 0.5) is 5.69 Å². The Balaban J connectivity index is 1.65. The lowest BCUT2D eigenvalue weighted by Gasteiger charge is -2.33. The zero-order valence-corrected chi connectivity index (χ0v) is 24.3. The molecule has 41 heavy (non-hydrogen) atoms. The minimum atomic E-state index is -4.33. The fourth-order valence-corrected chi connectivity index (χ4v) is 7.10. The third kappa shape index (κ3) is 6.79. The van der Waals surface area contributed by atoms with E-state index in [1.807, 2.05) is 29.2 Å². The predicted molar refractivity (Wildman–Crippen MR) is 161 cm³/mol. The number of ether oxygens (including phenoxy) is 1. The number of sulfonamides is 1. The number of nitrogen functional groups attached to an aromatic ring is 1. The number of amidine groups is 2. The number of anilines is 1. The standard InChI is InChI=1S/C30H37N5O5S/c1-19(2)28(30(36)37)41(38,39)35(18-21-4-5-22-6-7-23(29(32)33)17-24(22)16-21)25-8-10-26(11-9-25)40-27-12-14-34(15-13-27)20(3)31/h4-11,16-17,19,27-28,31H,12-15,18H2,1-3H3,(H3,32,33)(H,36,37). The van der Waals surface area contributed by atoms with Crippen molar-refractivity contribution >= 4 is 44.1 Å². The molecule has 5 N–H and O–H groups in total. The Morgan fingerprint density at radius 2 is 1.68 bits per heavy atom. The number of hydrogen-bond acceptors (Lipinski definition) is 6. The topological polar surface area (TPSA) is 161 Å². The molecule has 1 atom stereocenters. The lowest BCUT2D eigenvalue weighted by Crippen LogP contribution is -2.45. The lowest BCUT2D eigenvalue weighted by atomic mass is 10.0. The average Bonchev–Trinajstić information content (AvgIpc) is 2.91. The Morgan fingerprint density at radius 3 is 2.24 bits per heavy atom. The van der Waals surface area contributed by atoms with Crippen molar-refractivity contribution in [2.45, 2.75) is 51.5 Å². The fraction of sp³-hybridized carbons (Fsp3) is 0.367. The monoisotopic (exact) mass is 579 g/mol. The number of piperidine rings is 1. The molecule has 10 nitrogen and oxygen atoms in total. The molecule has 0 bridgehead atoms. The van der Waals surface area contributed by atoms with Crippen LogP contribution in [0.5, 0.6) is 5.75 Å². The number of nitrogens with zero attached hydrogens (tertiary/aromatic N) is 2. The SMILES string of the molecule is CC(=N)N1CCC(Oc2ccc(N(Cc3ccc4ccc(C(=N)N)cc4c3)S(=O)(=O)C(C(=O)O)C(C)C)cc2)CC1. The molecule has 11 heteroatoms. The van der Waals surface area contributed by atoms with Crippen molar-refractivity contribution in [2.75, 3.05) is 17.4 Å².